The second kappa shape index (κ2) is 8.91. The molecule has 27 heavy (non-hydrogen) atoms. The van der Waals surface area contributed by atoms with Gasteiger partial charge in [-0.1, -0.05) is 41.9 Å². The zero-order chi connectivity index (χ0) is 19.1. The second-order valence-electron chi connectivity index (χ2n) is 5.58. The molecule has 0 bridgehead atoms. The molecule has 2 N–H and O–H groups in total. The molecule has 0 radical (unpaired) electrons. The SMILES string of the molecule is O=C(CNC(=O)c1ccc(COc2ccccc2)o1)Nc1ccccc1Cl. The molecule has 2 amide bonds. The molecule has 0 saturated heterocycles. The monoisotopic (exact) mass is 384 g/mol. The van der Waals surface area contributed by atoms with E-state index in [0.717, 1.165) is 0 Å². The van der Waals surface area contributed by atoms with Gasteiger partial charge in [0, 0.05) is 0 Å². The molecule has 3 aromatic rings. The number of carbonyl (C=O) groups is 2. The van der Waals surface area contributed by atoms with Crippen LogP contribution in [0.15, 0.2) is 71.1 Å². The smallest absolute Gasteiger partial charge is 0.287 e. The normalized spacial score (nSPS) is 10.3. The van der Waals surface area contributed by atoms with E-state index in [2.05, 4.69) is 10.6 Å². The van der Waals surface area contributed by atoms with E-state index in [1.54, 1.807) is 30.3 Å². The maximum atomic E-state index is 12.1. The summed E-state index contributed by atoms with van der Waals surface area (Å²) in [7, 11) is 0. The van der Waals surface area contributed by atoms with Crippen molar-refractivity contribution in [2.24, 2.45) is 0 Å². The number of hydrogen-bond acceptors (Lipinski definition) is 4. The van der Waals surface area contributed by atoms with Crippen molar-refractivity contribution in [1.82, 2.24) is 5.32 Å². The lowest BCUT2D eigenvalue weighted by Gasteiger charge is -2.07. The Bertz CT molecular complexity index is 924. The molecular weight excluding hydrogens is 368 g/mol. The van der Waals surface area contributed by atoms with Gasteiger partial charge in [-0.2, -0.15) is 0 Å². The lowest BCUT2D eigenvalue weighted by atomic mass is 10.3. The molecule has 138 valence electrons. The Kier molecular flexibility index (Phi) is 6.12. The third kappa shape index (κ3) is 5.36. The predicted octanol–water partition coefficient (Wildman–Crippen LogP) is 3.88. The summed E-state index contributed by atoms with van der Waals surface area (Å²) in [6, 6.07) is 19.3. The van der Waals surface area contributed by atoms with Crippen LogP contribution in [0.25, 0.3) is 0 Å². The molecule has 0 aliphatic carbocycles. The summed E-state index contributed by atoms with van der Waals surface area (Å²) in [5.74, 6) is 0.429. The third-order valence-electron chi connectivity index (χ3n) is 3.57. The molecule has 0 unspecified atom stereocenters. The van der Waals surface area contributed by atoms with E-state index in [0.29, 0.717) is 22.2 Å². The number of halogens is 1. The Morgan fingerprint density at radius 2 is 1.70 bits per heavy atom. The van der Waals surface area contributed by atoms with Crippen molar-refractivity contribution in [1.29, 1.82) is 0 Å². The molecule has 0 saturated carbocycles. The largest absolute Gasteiger partial charge is 0.486 e. The van der Waals surface area contributed by atoms with E-state index in [1.165, 1.54) is 6.07 Å². The highest BCUT2D eigenvalue weighted by Crippen LogP contribution is 2.20. The number of furan rings is 1. The summed E-state index contributed by atoms with van der Waals surface area (Å²) in [6.45, 7) is -0.00904. The minimum absolute atomic E-state index is 0.104. The van der Waals surface area contributed by atoms with Gasteiger partial charge in [-0.3, -0.25) is 9.59 Å². The highest BCUT2D eigenvalue weighted by Gasteiger charge is 2.13. The summed E-state index contributed by atoms with van der Waals surface area (Å²) >= 11 is 5.97. The lowest BCUT2D eigenvalue weighted by molar-refractivity contribution is -0.115. The first-order valence-corrected chi connectivity index (χ1v) is 8.59. The Morgan fingerprint density at radius 3 is 2.48 bits per heavy atom. The molecule has 0 atom stereocenters. The zero-order valence-electron chi connectivity index (χ0n) is 14.3. The van der Waals surface area contributed by atoms with Gasteiger partial charge in [0.25, 0.3) is 5.91 Å². The number of ether oxygens (including phenoxy) is 1. The molecule has 2 aromatic carbocycles. The van der Waals surface area contributed by atoms with Crippen LogP contribution in [-0.2, 0) is 11.4 Å². The number of nitrogens with one attached hydrogen (secondary N) is 2. The molecule has 1 heterocycles. The summed E-state index contributed by atoms with van der Waals surface area (Å²) in [6.07, 6.45) is 0. The fourth-order valence-electron chi connectivity index (χ4n) is 2.25. The van der Waals surface area contributed by atoms with Crippen LogP contribution in [0.1, 0.15) is 16.3 Å². The zero-order valence-corrected chi connectivity index (χ0v) is 15.0. The number of rotatable bonds is 7. The maximum absolute atomic E-state index is 12.1. The van der Waals surface area contributed by atoms with Crippen LogP contribution in [0.4, 0.5) is 5.69 Å². The van der Waals surface area contributed by atoms with Gasteiger partial charge in [0.15, 0.2) is 5.76 Å². The first-order chi connectivity index (χ1) is 13.1. The Balaban J connectivity index is 1.47. The van der Waals surface area contributed by atoms with E-state index in [4.69, 9.17) is 20.8 Å². The van der Waals surface area contributed by atoms with Gasteiger partial charge in [-0.05, 0) is 36.4 Å². The average Bonchev–Trinajstić information content (AvgIpc) is 3.16. The predicted molar refractivity (Wildman–Crippen MR) is 102 cm³/mol. The quantitative estimate of drug-likeness (QED) is 0.647. The maximum Gasteiger partial charge on any atom is 0.287 e. The van der Waals surface area contributed by atoms with Crippen molar-refractivity contribution >= 4 is 29.1 Å². The second-order valence-corrected chi connectivity index (χ2v) is 5.99. The van der Waals surface area contributed by atoms with Crippen LogP contribution in [-0.4, -0.2) is 18.4 Å². The van der Waals surface area contributed by atoms with Crippen molar-refractivity contribution in [2.45, 2.75) is 6.61 Å². The van der Waals surface area contributed by atoms with Crippen molar-refractivity contribution in [3.8, 4) is 5.75 Å². The Morgan fingerprint density at radius 1 is 0.963 bits per heavy atom. The van der Waals surface area contributed by atoms with E-state index in [9.17, 15) is 9.59 Å². The molecule has 3 rings (SSSR count). The summed E-state index contributed by atoms with van der Waals surface area (Å²) in [5, 5.41) is 5.54. The fraction of sp³-hybridized carbons (Fsp3) is 0.100. The van der Waals surface area contributed by atoms with E-state index < -0.39 is 11.8 Å². The average molecular weight is 385 g/mol. The topological polar surface area (TPSA) is 80.6 Å². The van der Waals surface area contributed by atoms with Crippen molar-refractivity contribution in [3.63, 3.8) is 0 Å². The highest BCUT2D eigenvalue weighted by molar-refractivity contribution is 6.33. The summed E-state index contributed by atoms with van der Waals surface area (Å²) in [4.78, 5) is 24.0. The van der Waals surface area contributed by atoms with Gasteiger partial charge in [-0.25, -0.2) is 0 Å². The van der Waals surface area contributed by atoms with Gasteiger partial charge in [0.2, 0.25) is 5.91 Å². The summed E-state index contributed by atoms with van der Waals surface area (Å²) in [5.41, 5.74) is 0.483. The third-order valence-corrected chi connectivity index (χ3v) is 3.90. The first-order valence-electron chi connectivity index (χ1n) is 8.21. The molecule has 0 aliphatic heterocycles. The van der Waals surface area contributed by atoms with Crippen LogP contribution in [0, 0.1) is 0 Å². The van der Waals surface area contributed by atoms with Crippen LogP contribution in [0.5, 0.6) is 5.75 Å². The molecular formula is C20H17ClN2O4. The Hall–Kier alpha value is -3.25. The van der Waals surface area contributed by atoms with Crippen molar-refractivity contribution < 1.29 is 18.7 Å². The fourth-order valence-corrected chi connectivity index (χ4v) is 2.44. The molecule has 0 spiro atoms. The molecule has 0 fully saturated rings. The Labute approximate surface area is 161 Å². The number of para-hydroxylation sites is 2. The van der Waals surface area contributed by atoms with E-state index in [-0.39, 0.29) is 18.9 Å². The van der Waals surface area contributed by atoms with Crippen molar-refractivity contribution in [3.05, 3.63) is 83.3 Å². The number of carbonyl (C=O) groups excluding carboxylic acids is 2. The van der Waals surface area contributed by atoms with Gasteiger partial charge >= 0.3 is 0 Å². The van der Waals surface area contributed by atoms with Crippen LogP contribution >= 0.6 is 11.6 Å². The van der Waals surface area contributed by atoms with Gasteiger partial charge in [0.05, 0.1) is 17.3 Å². The van der Waals surface area contributed by atoms with Gasteiger partial charge in [0.1, 0.15) is 18.1 Å². The summed E-state index contributed by atoms with van der Waals surface area (Å²) < 4.78 is 11.0. The molecule has 6 nitrogen and oxygen atoms in total. The lowest BCUT2D eigenvalue weighted by Crippen LogP contribution is -2.32. The van der Waals surface area contributed by atoms with Crippen LogP contribution in [0.3, 0.4) is 0 Å². The first kappa shape index (κ1) is 18.5. The van der Waals surface area contributed by atoms with E-state index >= 15 is 0 Å². The number of anilines is 1. The number of hydrogen-bond donors (Lipinski definition) is 2. The highest BCUT2D eigenvalue weighted by atomic mass is 35.5. The van der Waals surface area contributed by atoms with Gasteiger partial charge in [-0.15, -0.1) is 0 Å². The van der Waals surface area contributed by atoms with Crippen molar-refractivity contribution in [2.75, 3.05) is 11.9 Å². The van der Waals surface area contributed by atoms with Gasteiger partial charge < -0.3 is 19.8 Å². The molecule has 7 heteroatoms. The van der Waals surface area contributed by atoms with E-state index in [1.807, 2.05) is 30.3 Å². The minimum Gasteiger partial charge on any atom is -0.486 e. The number of amides is 2. The molecule has 0 aliphatic rings. The standard InChI is InChI=1S/C20H17ClN2O4/c21-16-8-4-5-9-17(16)23-19(24)12-22-20(25)18-11-10-15(27-18)13-26-14-6-2-1-3-7-14/h1-11H,12-13H2,(H,22,25)(H,23,24). The van der Waals surface area contributed by atoms with Crippen LogP contribution in [0.2, 0.25) is 5.02 Å². The molecule has 1 aromatic heterocycles. The number of benzene rings is 2. The minimum atomic E-state index is -0.490. The van der Waals surface area contributed by atoms with Crippen LogP contribution < -0.4 is 15.4 Å².